The molecule has 0 radical (unpaired) electrons. The Morgan fingerprint density at radius 2 is 2.42 bits per heavy atom. The van der Waals surface area contributed by atoms with Crippen LogP contribution >= 0.6 is 0 Å². The maximum atomic E-state index is 11.6. The summed E-state index contributed by atoms with van der Waals surface area (Å²) in [7, 11) is 0. The van der Waals surface area contributed by atoms with Gasteiger partial charge in [-0.2, -0.15) is 0 Å². The van der Waals surface area contributed by atoms with Crippen LogP contribution < -0.4 is 10.2 Å². The van der Waals surface area contributed by atoms with Gasteiger partial charge >= 0.3 is 0 Å². The van der Waals surface area contributed by atoms with Crippen molar-refractivity contribution in [1.29, 1.82) is 0 Å². The van der Waals surface area contributed by atoms with Crippen molar-refractivity contribution in [2.45, 2.75) is 25.3 Å². The van der Waals surface area contributed by atoms with Crippen LogP contribution in [0, 0.1) is 0 Å². The zero-order valence-electron chi connectivity index (χ0n) is 13.4. The largest absolute Gasteiger partial charge is 0.448 e. The van der Waals surface area contributed by atoms with Crippen LogP contribution in [-0.4, -0.2) is 24.2 Å². The van der Waals surface area contributed by atoms with Gasteiger partial charge in [0.05, 0.1) is 17.7 Å². The Hall–Kier alpha value is -2.82. The molecule has 3 aliphatic rings. The second-order valence-corrected chi connectivity index (χ2v) is 6.09. The van der Waals surface area contributed by atoms with E-state index in [4.69, 9.17) is 4.42 Å². The first-order valence-corrected chi connectivity index (χ1v) is 8.17. The van der Waals surface area contributed by atoms with E-state index in [0.29, 0.717) is 0 Å². The molecule has 4 rings (SSSR count). The van der Waals surface area contributed by atoms with E-state index in [1.807, 2.05) is 18.3 Å². The number of hydrogen-bond acceptors (Lipinski definition) is 4. The van der Waals surface area contributed by atoms with Crippen molar-refractivity contribution in [3.8, 4) is 0 Å². The lowest BCUT2D eigenvalue weighted by Gasteiger charge is -2.32. The number of hydrogen-bond donors (Lipinski definition) is 1. The smallest absolute Gasteiger partial charge is 0.243 e. The summed E-state index contributed by atoms with van der Waals surface area (Å²) in [5.41, 5.74) is 4.68. The average molecular weight is 321 g/mol. The van der Waals surface area contributed by atoms with Gasteiger partial charge in [0.1, 0.15) is 0 Å². The molecule has 0 saturated carbocycles. The number of nitrogens with zero attached hydrogens (tertiary/aromatic N) is 2. The standard InChI is InChI=1S/C19H19N3O2/c1-2-17(23)21-14-6-5-13(12-14)19-15-7-9-20-16(15)8-10-22(19)18-4-3-11-24-18/h2-5,7,9,11,14H,1,6,8,10,12H2,(H,21,23). The molecule has 1 aliphatic carbocycles. The van der Waals surface area contributed by atoms with Gasteiger partial charge in [-0.05, 0) is 36.6 Å². The third-order valence-corrected chi connectivity index (χ3v) is 4.60. The minimum absolute atomic E-state index is 0.116. The molecule has 0 fully saturated rings. The molecule has 1 atom stereocenters. The molecule has 0 bridgehead atoms. The lowest BCUT2D eigenvalue weighted by Crippen LogP contribution is -2.34. The summed E-state index contributed by atoms with van der Waals surface area (Å²) in [5, 5.41) is 2.99. The number of anilines is 1. The Kier molecular flexibility index (Phi) is 3.69. The van der Waals surface area contributed by atoms with Crippen LogP contribution in [0.25, 0.3) is 0 Å². The highest BCUT2D eigenvalue weighted by molar-refractivity contribution is 6.08. The summed E-state index contributed by atoms with van der Waals surface area (Å²) in [6.07, 6.45) is 11.7. The summed E-state index contributed by atoms with van der Waals surface area (Å²) < 4.78 is 5.64. The molecular weight excluding hydrogens is 302 g/mol. The molecule has 1 unspecified atom stereocenters. The second-order valence-electron chi connectivity index (χ2n) is 6.09. The first kappa shape index (κ1) is 14.8. The summed E-state index contributed by atoms with van der Waals surface area (Å²) in [5.74, 6) is 0.721. The summed E-state index contributed by atoms with van der Waals surface area (Å²) in [6, 6.07) is 4.00. The van der Waals surface area contributed by atoms with Crippen molar-refractivity contribution in [1.82, 2.24) is 5.32 Å². The van der Waals surface area contributed by atoms with Crippen molar-refractivity contribution in [2.24, 2.45) is 4.99 Å². The zero-order chi connectivity index (χ0) is 16.5. The number of amides is 1. The Balaban J connectivity index is 1.65. The fourth-order valence-electron chi connectivity index (χ4n) is 3.53. The summed E-state index contributed by atoms with van der Waals surface area (Å²) in [4.78, 5) is 18.3. The van der Waals surface area contributed by atoms with Gasteiger partial charge < -0.3 is 14.6 Å². The quantitative estimate of drug-likeness (QED) is 0.867. The van der Waals surface area contributed by atoms with Crippen molar-refractivity contribution >= 4 is 17.5 Å². The second kappa shape index (κ2) is 6.00. The number of aliphatic imine (C=N–C) groups is 1. The van der Waals surface area contributed by atoms with E-state index in [-0.39, 0.29) is 11.9 Å². The lowest BCUT2D eigenvalue weighted by atomic mass is 9.95. The van der Waals surface area contributed by atoms with Crippen molar-refractivity contribution in [3.05, 3.63) is 66.2 Å². The maximum absolute atomic E-state index is 11.6. The summed E-state index contributed by atoms with van der Waals surface area (Å²) >= 11 is 0. The number of carbonyl (C=O) groups is 1. The van der Waals surface area contributed by atoms with Crippen LogP contribution in [0.2, 0.25) is 0 Å². The van der Waals surface area contributed by atoms with E-state index in [1.165, 1.54) is 17.2 Å². The normalized spacial score (nSPS) is 22.3. The highest BCUT2D eigenvalue weighted by atomic mass is 16.3. The number of furan rings is 1. The van der Waals surface area contributed by atoms with Gasteiger partial charge in [0.15, 0.2) is 5.88 Å². The van der Waals surface area contributed by atoms with Gasteiger partial charge in [0.25, 0.3) is 0 Å². The van der Waals surface area contributed by atoms with E-state index < -0.39 is 0 Å². The molecule has 1 aromatic rings. The van der Waals surface area contributed by atoms with Crippen LogP contribution in [0.4, 0.5) is 5.88 Å². The van der Waals surface area contributed by atoms with Gasteiger partial charge in [-0.25, -0.2) is 0 Å². The number of carbonyl (C=O) groups excluding carboxylic acids is 1. The SMILES string of the molecule is C=CC(=O)NC1CC=C(C2=C3C=CN=C3CCN2c2ccco2)C1. The molecule has 122 valence electrons. The third kappa shape index (κ3) is 2.52. The van der Waals surface area contributed by atoms with Gasteiger partial charge in [-0.3, -0.25) is 9.79 Å². The monoisotopic (exact) mass is 321 g/mol. The van der Waals surface area contributed by atoms with Crippen LogP contribution in [0.15, 0.2) is 75.7 Å². The Bertz CT molecular complexity index is 797. The van der Waals surface area contributed by atoms with Crippen molar-refractivity contribution in [2.75, 3.05) is 11.4 Å². The van der Waals surface area contributed by atoms with Crippen LogP contribution in [0.3, 0.4) is 0 Å². The fraction of sp³-hybridized carbons (Fsp3) is 0.263. The van der Waals surface area contributed by atoms with E-state index in [1.54, 1.807) is 6.26 Å². The first-order chi connectivity index (χ1) is 11.8. The van der Waals surface area contributed by atoms with Crippen LogP contribution in [0.5, 0.6) is 0 Å². The lowest BCUT2D eigenvalue weighted by molar-refractivity contribution is -0.117. The average Bonchev–Trinajstić information content (AvgIpc) is 3.34. The molecule has 0 aromatic carbocycles. The molecule has 5 nitrogen and oxygen atoms in total. The topological polar surface area (TPSA) is 57.8 Å². The molecule has 5 heteroatoms. The van der Waals surface area contributed by atoms with E-state index in [0.717, 1.165) is 43.1 Å². The minimum atomic E-state index is -0.123. The highest BCUT2D eigenvalue weighted by Gasteiger charge is 2.32. The number of rotatable bonds is 4. The first-order valence-electron chi connectivity index (χ1n) is 8.17. The maximum Gasteiger partial charge on any atom is 0.243 e. The number of allylic oxidation sites excluding steroid dienone is 3. The Morgan fingerprint density at radius 3 is 3.21 bits per heavy atom. The minimum Gasteiger partial charge on any atom is -0.448 e. The predicted molar refractivity (Wildman–Crippen MR) is 93.7 cm³/mol. The third-order valence-electron chi connectivity index (χ3n) is 4.60. The molecule has 0 spiro atoms. The molecule has 1 amide bonds. The van der Waals surface area contributed by atoms with Gasteiger partial charge in [-0.15, -0.1) is 0 Å². The Labute approximate surface area is 140 Å². The van der Waals surface area contributed by atoms with Crippen LogP contribution in [0.1, 0.15) is 19.3 Å². The Morgan fingerprint density at radius 1 is 1.50 bits per heavy atom. The molecule has 3 heterocycles. The van der Waals surface area contributed by atoms with E-state index in [2.05, 4.69) is 33.9 Å². The van der Waals surface area contributed by atoms with Gasteiger partial charge in [0, 0.05) is 36.8 Å². The number of nitrogens with one attached hydrogen (secondary N) is 1. The van der Waals surface area contributed by atoms with Gasteiger partial charge in [0.2, 0.25) is 5.91 Å². The molecule has 1 aromatic heterocycles. The summed E-state index contributed by atoms with van der Waals surface area (Å²) in [6.45, 7) is 4.36. The van der Waals surface area contributed by atoms with Crippen LogP contribution in [-0.2, 0) is 4.79 Å². The zero-order valence-corrected chi connectivity index (χ0v) is 13.4. The fourth-order valence-corrected chi connectivity index (χ4v) is 3.53. The highest BCUT2D eigenvalue weighted by Crippen LogP contribution is 2.37. The molecular formula is C19H19N3O2. The predicted octanol–water partition coefficient (Wildman–Crippen LogP) is 3.10. The number of fused-ring (bicyclic) bond motifs is 1. The van der Waals surface area contributed by atoms with Crippen molar-refractivity contribution < 1.29 is 9.21 Å². The molecule has 0 saturated heterocycles. The van der Waals surface area contributed by atoms with E-state index >= 15 is 0 Å². The molecule has 24 heavy (non-hydrogen) atoms. The van der Waals surface area contributed by atoms with Crippen molar-refractivity contribution in [3.63, 3.8) is 0 Å². The molecule has 1 N–H and O–H groups in total. The molecule has 2 aliphatic heterocycles. The van der Waals surface area contributed by atoms with Gasteiger partial charge in [-0.1, -0.05) is 12.7 Å². The van der Waals surface area contributed by atoms with E-state index in [9.17, 15) is 4.79 Å².